The smallest absolute Gasteiger partial charge is 0.192 e. The SMILES string of the molecule is C=C/C(C)=C\C(=C)C(=O)C(=C)/C=C\C(=C)C(=O)c1ccc(C)cc1. The van der Waals surface area contributed by atoms with Crippen LogP contribution in [-0.4, -0.2) is 11.6 Å². The van der Waals surface area contributed by atoms with Gasteiger partial charge in [-0.05, 0) is 19.9 Å². The van der Waals surface area contributed by atoms with Crippen molar-refractivity contribution < 1.29 is 9.59 Å². The van der Waals surface area contributed by atoms with Crippen molar-refractivity contribution >= 4 is 11.6 Å². The maximum absolute atomic E-state index is 12.3. The first-order valence-electron chi connectivity index (χ1n) is 7.48. The molecule has 1 aromatic carbocycles. The maximum atomic E-state index is 12.3. The molecule has 0 aliphatic heterocycles. The van der Waals surface area contributed by atoms with E-state index < -0.39 is 0 Å². The van der Waals surface area contributed by atoms with Crippen molar-refractivity contribution in [1.82, 2.24) is 0 Å². The van der Waals surface area contributed by atoms with E-state index in [-0.39, 0.29) is 22.7 Å². The summed E-state index contributed by atoms with van der Waals surface area (Å²) in [5.74, 6) is -0.476. The quantitative estimate of drug-likeness (QED) is 0.379. The van der Waals surface area contributed by atoms with Crippen molar-refractivity contribution in [2.24, 2.45) is 0 Å². The highest BCUT2D eigenvalue weighted by atomic mass is 16.1. The minimum Gasteiger partial charge on any atom is -0.289 e. The van der Waals surface area contributed by atoms with Crippen molar-refractivity contribution in [2.75, 3.05) is 0 Å². The van der Waals surface area contributed by atoms with Crippen molar-refractivity contribution in [2.45, 2.75) is 13.8 Å². The first-order valence-corrected chi connectivity index (χ1v) is 7.48. The lowest BCUT2D eigenvalue weighted by molar-refractivity contribution is -0.111. The number of ketones is 2. The molecule has 122 valence electrons. The Balaban J connectivity index is 2.79. The molecule has 0 aliphatic carbocycles. The van der Waals surface area contributed by atoms with Crippen molar-refractivity contribution in [1.29, 1.82) is 0 Å². The summed E-state index contributed by atoms with van der Waals surface area (Å²) in [7, 11) is 0. The average Bonchev–Trinajstić information content (AvgIpc) is 2.58. The molecule has 0 unspecified atom stereocenters. The topological polar surface area (TPSA) is 34.1 Å². The average molecular weight is 318 g/mol. The molecule has 0 N–H and O–H groups in total. The number of benzene rings is 1. The molecule has 0 saturated heterocycles. The third-order valence-electron chi connectivity index (χ3n) is 3.40. The molecule has 0 fully saturated rings. The number of aryl methyl sites for hydroxylation is 1. The van der Waals surface area contributed by atoms with Crippen LogP contribution in [0.2, 0.25) is 0 Å². The van der Waals surface area contributed by atoms with Gasteiger partial charge in [0.05, 0.1) is 0 Å². The highest BCUT2D eigenvalue weighted by molar-refractivity contribution is 6.12. The third kappa shape index (κ3) is 5.33. The lowest BCUT2D eigenvalue weighted by Crippen LogP contribution is -2.03. The number of hydrogen-bond acceptors (Lipinski definition) is 2. The molecule has 24 heavy (non-hydrogen) atoms. The highest BCUT2D eigenvalue weighted by Gasteiger charge is 2.10. The number of carbonyl (C=O) groups excluding carboxylic acids is 2. The molecule has 0 atom stereocenters. The third-order valence-corrected chi connectivity index (χ3v) is 3.40. The normalized spacial score (nSPS) is 11.2. The van der Waals surface area contributed by atoms with Gasteiger partial charge in [0.2, 0.25) is 0 Å². The van der Waals surface area contributed by atoms with Gasteiger partial charge in [-0.15, -0.1) is 0 Å². The van der Waals surface area contributed by atoms with Crippen LogP contribution in [-0.2, 0) is 4.79 Å². The van der Waals surface area contributed by atoms with E-state index in [1.54, 1.807) is 24.3 Å². The van der Waals surface area contributed by atoms with Gasteiger partial charge in [-0.2, -0.15) is 0 Å². The first kappa shape index (κ1) is 19.0. The van der Waals surface area contributed by atoms with Crippen LogP contribution in [0.5, 0.6) is 0 Å². The van der Waals surface area contributed by atoms with Crippen LogP contribution in [0, 0.1) is 6.92 Å². The molecule has 2 heteroatoms. The minimum absolute atomic E-state index is 0.187. The fourth-order valence-corrected chi connectivity index (χ4v) is 1.85. The van der Waals surface area contributed by atoms with Crippen molar-refractivity contribution in [3.05, 3.63) is 108 Å². The molecule has 0 heterocycles. The summed E-state index contributed by atoms with van der Waals surface area (Å²) in [6.45, 7) is 18.6. The molecule has 1 rings (SSSR count). The van der Waals surface area contributed by atoms with Crippen LogP contribution in [0.4, 0.5) is 0 Å². The van der Waals surface area contributed by atoms with Gasteiger partial charge in [0.15, 0.2) is 11.6 Å². The van der Waals surface area contributed by atoms with E-state index in [2.05, 4.69) is 26.3 Å². The molecule has 0 amide bonds. The molecule has 0 spiro atoms. The largest absolute Gasteiger partial charge is 0.289 e. The lowest BCUT2D eigenvalue weighted by Gasteiger charge is -2.03. The van der Waals surface area contributed by atoms with Crippen molar-refractivity contribution in [3.63, 3.8) is 0 Å². The second-order valence-corrected chi connectivity index (χ2v) is 5.53. The summed E-state index contributed by atoms with van der Waals surface area (Å²) in [5.41, 5.74) is 3.32. The zero-order valence-corrected chi connectivity index (χ0v) is 14.3. The predicted octanol–water partition coefficient (Wildman–Crippen LogP) is 5.10. The van der Waals surface area contributed by atoms with E-state index in [0.29, 0.717) is 11.1 Å². The van der Waals surface area contributed by atoms with E-state index in [1.165, 1.54) is 12.2 Å². The van der Waals surface area contributed by atoms with Gasteiger partial charge in [-0.1, -0.05) is 79.9 Å². The summed E-state index contributed by atoms with van der Waals surface area (Å²) in [6, 6.07) is 7.23. The summed E-state index contributed by atoms with van der Waals surface area (Å²) in [5, 5.41) is 0. The predicted molar refractivity (Wildman–Crippen MR) is 101 cm³/mol. The first-order chi connectivity index (χ1) is 11.3. The minimum atomic E-state index is -0.289. The van der Waals surface area contributed by atoms with Crippen LogP contribution in [0.15, 0.2) is 97.2 Å². The molecule has 0 saturated carbocycles. The fraction of sp³-hybridized carbons (Fsp3) is 0.0909. The van der Waals surface area contributed by atoms with Gasteiger partial charge in [-0.25, -0.2) is 0 Å². The van der Waals surface area contributed by atoms with E-state index in [9.17, 15) is 9.59 Å². The number of rotatable bonds is 8. The second-order valence-electron chi connectivity index (χ2n) is 5.53. The molecule has 1 aromatic rings. The Morgan fingerprint density at radius 1 is 0.917 bits per heavy atom. The summed E-state index contributed by atoms with van der Waals surface area (Å²) < 4.78 is 0. The Morgan fingerprint density at radius 2 is 1.46 bits per heavy atom. The second kappa shape index (κ2) is 8.59. The zero-order chi connectivity index (χ0) is 18.3. The molecular formula is C22H22O2. The Hall–Kier alpha value is -3.00. The fourth-order valence-electron chi connectivity index (χ4n) is 1.85. The van der Waals surface area contributed by atoms with Crippen molar-refractivity contribution in [3.8, 4) is 0 Å². The highest BCUT2D eigenvalue weighted by Crippen LogP contribution is 2.13. The van der Waals surface area contributed by atoms with Crippen LogP contribution >= 0.6 is 0 Å². The summed E-state index contributed by atoms with van der Waals surface area (Å²) in [6.07, 6.45) is 6.26. The van der Waals surface area contributed by atoms with Gasteiger partial charge < -0.3 is 0 Å². The zero-order valence-electron chi connectivity index (χ0n) is 14.3. The number of hydrogen-bond donors (Lipinski definition) is 0. The van der Waals surface area contributed by atoms with Crippen LogP contribution < -0.4 is 0 Å². The van der Waals surface area contributed by atoms with E-state index >= 15 is 0 Å². The Morgan fingerprint density at radius 3 is 2.00 bits per heavy atom. The molecule has 0 aliphatic rings. The van der Waals surface area contributed by atoms with E-state index in [0.717, 1.165) is 11.1 Å². The standard InChI is InChI=1S/C22H22O2/c1-7-15(2)14-19(6)21(23)17(4)10-11-18(5)22(24)20-12-8-16(3)9-13-20/h7-14H,1,4-6H2,2-3H3/b11-10-,15-14-. The van der Waals surface area contributed by atoms with Gasteiger partial charge in [-0.3, -0.25) is 9.59 Å². The molecule has 0 radical (unpaired) electrons. The van der Waals surface area contributed by atoms with E-state index in [1.807, 2.05) is 26.0 Å². The molecule has 0 bridgehead atoms. The molecule has 0 aromatic heterocycles. The van der Waals surface area contributed by atoms with Crippen LogP contribution in [0.1, 0.15) is 22.8 Å². The Bertz CT molecular complexity index is 769. The van der Waals surface area contributed by atoms with Crippen LogP contribution in [0.3, 0.4) is 0 Å². The number of carbonyl (C=O) groups is 2. The van der Waals surface area contributed by atoms with Gasteiger partial charge in [0, 0.05) is 22.3 Å². The Kier molecular flexibility index (Phi) is 6.81. The van der Waals surface area contributed by atoms with Gasteiger partial charge in [0.1, 0.15) is 0 Å². The summed E-state index contributed by atoms with van der Waals surface area (Å²) in [4.78, 5) is 24.4. The maximum Gasteiger partial charge on any atom is 0.192 e. The van der Waals surface area contributed by atoms with Gasteiger partial charge in [0.25, 0.3) is 0 Å². The monoisotopic (exact) mass is 318 g/mol. The molecular weight excluding hydrogens is 296 g/mol. The Labute approximate surface area is 143 Å². The number of allylic oxidation sites excluding steroid dienone is 8. The van der Waals surface area contributed by atoms with E-state index in [4.69, 9.17) is 0 Å². The van der Waals surface area contributed by atoms with Crippen LogP contribution in [0.25, 0.3) is 0 Å². The summed E-state index contributed by atoms with van der Waals surface area (Å²) >= 11 is 0. The lowest BCUT2D eigenvalue weighted by atomic mass is 10.0. The molecule has 2 nitrogen and oxygen atoms in total. The number of Topliss-reactive ketones (excluding diaryl/α,β-unsaturated/α-hetero) is 2. The van der Waals surface area contributed by atoms with Gasteiger partial charge >= 0.3 is 0 Å².